The van der Waals surface area contributed by atoms with E-state index in [-0.39, 0.29) is 0 Å². The van der Waals surface area contributed by atoms with Crippen molar-refractivity contribution in [1.29, 1.82) is 0 Å². The fraction of sp³-hybridized carbons (Fsp3) is 0.381. The number of benzene rings is 1. The molecule has 0 amide bonds. The molecule has 7 heteroatoms. The Morgan fingerprint density at radius 3 is 2.68 bits per heavy atom. The van der Waals surface area contributed by atoms with Gasteiger partial charge in [0.25, 0.3) is 0 Å². The van der Waals surface area contributed by atoms with Gasteiger partial charge in [-0.05, 0) is 48.7 Å². The Balaban J connectivity index is 1.47. The van der Waals surface area contributed by atoms with Crippen LogP contribution in [0, 0.1) is 13.8 Å². The maximum atomic E-state index is 4.57. The fourth-order valence-electron chi connectivity index (χ4n) is 3.82. The van der Waals surface area contributed by atoms with Crippen LogP contribution in [0.2, 0.25) is 0 Å². The zero-order valence-electron chi connectivity index (χ0n) is 16.4. The van der Waals surface area contributed by atoms with Crippen LogP contribution in [0.25, 0.3) is 5.82 Å². The highest BCUT2D eigenvalue weighted by molar-refractivity contribution is 9.10. The quantitative estimate of drug-likeness (QED) is 0.646. The molecule has 4 rings (SSSR count). The smallest absolute Gasteiger partial charge is 0.159 e. The molecular weight excluding hydrogens is 416 g/mol. The lowest BCUT2D eigenvalue weighted by molar-refractivity contribution is 0.255. The summed E-state index contributed by atoms with van der Waals surface area (Å²) < 4.78 is 2.87. The summed E-state index contributed by atoms with van der Waals surface area (Å²) >= 11 is 3.58. The van der Waals surface area contributed by atoms with E-state index in [1.165, 1.54) is 5.56 Å². The Hall–Kier alpha value is -2.25. The molecule has 2 aromatic heterocycles. The number of aryl methyl sites for hydroxylation is 1. The van der Waals surface area contributed by atoms with Gasteiger partial charge in [0.05, 0.1) is 15.9 Å². The van der Waals surface area contributed by atoms with Crippen LogP contribution in [0.15, 0.2) is 47.2 Å². The Morgan fingerprint density at radius 2 is 1.96 bits per heavy atom. The number of rotatable bonds is 5. The van der Waals surface area contributed by atoms with Crippen LogP contribution in [0.3, 0.4) is 0 Å². The molecule has 0 bridgehead atoms. The Labute approximate surface area is 174 Å². The number of halogens is 1. The van der Waals surface area contributed by atoms with Crippen molar-refractivity contribution < 1.29 is 0 Å². The Morgan fingerprint density at radius 1 is 1.18 bits per heavy atom. The first-order chi connectivity index (χ1) is 13.5. The molecule has 28 heavy (non-hydrogen) atoms. The highest BCUT2D eigenvalue weighted by Gasteiger charge is 2.30. The third-order valence-electron chi connectivity index (χ3n) is 5.52. The molecule has 2 atom stereocenters. The summed E-state index contributed by atoms with van der Waals surface area (Å²) in [7, 11) is 0. The number of likely N-dealkylation sites (tertiary alicyclic amines) is 1. The van der Waals surface area contributed by atoms with Gasteiger partial charge in [-0.15, -0.1) is 0 Å². The van der Waals surface area contributed by atoms with Gasteiger partial charge in [-0.3, -0.25) is 4.90 Å². The average molecular weight is 441 g/mol. The van der Waals surface area contributed by atoms with Crippen molar-refractivity contribution in [2.24, 2.45) is 0 Å². The zero-order chi connectivity index (χ0) is 19.7. The second-order valence-corrected chi connectivity index (χ2v) is 8.19. The van der Waals surface area contributed by atoms with E-state index in [1.54, 1.807) is 6.33 Å². The SMILES string of the molecule is Cc1nn(-c2cc(NC3CCN(Cc4ccccc4)C3C)ncn2)c(C)c1Br. The van der Waals surface area contributed by atoms with Gasteiger partial charge in [-0.2, -0.15) is 5.10 Å². The largest absolute Gasteiger partial charge is 0.366 e. The van der Waals surface area contributed by atoms with Crippen LogP contribution in [0.1, 0.15) is 30.3 Å². The van der Waals surface area contributed by atoms with Crippen LogP contribution >= 0.6 is 15.9 Å². The molecule has 146 valence electrons. The Bertz CT molecular complexity index is 955. The number of nitrogens with zero attached hydrogens (tertiary/aromatic N) is 5. The van der Waals surface area contributed by atoms with E-state index < -0.39 is 0 Å². The minimum absolute atomic E-state index is 0.360. The molecule has 0 saturated carbocycles. The highest BCUT2D eigenvalue weighted by atomic mass is 79.9. The average Bonchev–Trinajstić information content (AvgIpc) is 3.17. The second kappa shape index (κ2) is 8.01. The molecular formula is C21H25BrN6. The zero-order valence-corrected chi connectivity index (χ0v) is 18.0. The maximum Gasteiger partial charge on any atom is 0.159 e. The molecule has 1 aliphatic heterocycles. The molecule has 1 aromatic carbocycles. The first-order valence-electron chi connectivity index (χ1n) is 9.61. The summed E-state index contributed by atoms with van der Waals surface area (Å²) in [5.41, 5.74) is 3.34. The number of hydrogen-bond acceptors (Lipinski definition) is 5. The third kappa shape index (κ3) is 3.82. The van der Waals surface area contributed by atoms with E-state index in [2.05, 4.69) is 78.5 Å². The van der Waals surface area contributed by atoms with Crippen LogP contribution in [0.4, 0.5) is 5.82 Å². The molecule has 3 aromatic rings. The van der Waals surface area contributed by atoms with E-state index in [4.69, 9.17) is 0 Å². The lowest BCUT2D eigenvalue weighted by Crippen LogP contribution is -2.36. The third-order valence-corrected chi connectivity index (χ3v) is 6.67. The number of anilines is 1. The van der Waals surface area contributed by atoms with Crippen LogP contribution in [0.5, 0.6) is 0 Å². The van der Waals surface area contributed by atoms with Gasteiger partial charge in [0.15, 0.2) is 5.82 Å². The van der Waals surface area contributed by atoms with Crippen molar-refractivity contribution in [3.63, 3.8) is 0 Å². The monoisotopic (exact) mass is 440 g/mol. The molecule has 1 saturated heterocycles. The lowest BCUT2D eigenvalue weighted by Gasteiger charge is -2.25. The predicted octanol–water partition coefficient (Wildman–Crippen LogP) is 4.12. The molecule has 1 aliphatic rings. The van der Waals surface area contributed by atoms with Crippen molar-refractivity contribution in [3.05, 3.63) is 64.1 Å². The summed E-state index contributed by atoms with van der Waals surface area (Å²) in [5.74, 6) is 1.61. The van der Waals surface area contributed by atoms with Gasteiger partial charge in [0, 0.05) is 31.2 Å². The summed E-state index contributed by atoms with van der Waals surface area (Å²) in [6, 6.07) is 13.4. The molecule has 0 spiro atoms. The fourth-order valence-corrected chi connectivity index (χ4v) is 4.06. The minimum atomic E-state index is 0.360. The first-order valence-corrected chi connectivity index (χ1v) is 10.4. The molecule has 6 nitrogen and oxygen atoms in total. The standard InChI is InChI=1S/C21H25BrN6/c1-14-21(22)16(3)28(26-14)20-11-19(23-13-24-20)25-18-9-10-27(15(18)2)12-17-7-5-4-6-8-17/h4-8,11,13,15,18H,9-10,12H2,1-3H3,(H,23,24,25). The summed E-state index contributed by atoms with van der Waals surface area (Å²) in [6.07, 6.45) is 2.70. The normalized spacial score (nSPS) is 19.9. The number of aromatic nitrogens is 4. The van der Waals surface area contributed by atoms with Crippen LogP contribution in [-0.2, 0) is 6.54 Å². The predicted molar refractivity (Wildman–Crippen MR) is 115 cm³/mol. The first kappa shape index (κ1) is 19.1. The summed E-state index contributed by atoms with van der Waals surface area (Å²) in [4.78, 5) is 11.4. The van der Waals surface area contributed by atoms with E-state index in [0.29, 0.717) is 12.1 Å². The molecule has 0 radical (unpaired) electrons. The molecule has 1 fully saturated rings. The minimum Gasteiger partial charge on any atom is -0.366 e. The van der Waals surface area contributed by atoms with Gasteiger partial charge < -0.3 is 5.32 Å². The van der Waals surface area contributed by atoms with Crippen molar-refractivity contribution in [3.8, 4) is 5.82 Å². The van der Waals surface area contributed by atoms with Crippen LogP contribution < -0.4 is 5.32 Å². The summed E-state index contributed by atoms with van der Waals surface area (Å²) in [6.45, 7) is 8.36. The second-order valence-electron chi connectivity index (χ2n) is 7.39. The number of nitrogens with one attached hydrogen (secondary N) is 1. The van der Waals surface area contributed by atoms with Gasteiger partial charge in [-0.1, -0.05) is 30.3 Å². The Kier molecular flexibility index (Phi) is 5.46. The highest BCUT2D eigenvalue weighted by Crippen LogP contribution is 2.25. The van der Waals surface area contributed by atoms with E-state index in [0.717, 1.165) is 47.0 Å². The van der Waals surface area contributed by atoms with Gasteiger partial charge >= 0.3 is 0 Å². The van der Waals surface area contributed by atoms with E-state index >= 15 is 0 Å². The molecule has 1 N–H and O–H groups in total. The molecule has 2 unspecified atom stereocenters. The van der Waals surface area contributed by atoms with Crippen molar-refractivity contribution in [1.82, 2.24) is 24.6 Å². The molecule has 0 aliphatic carbocycles. The van der Waals surface area contributed by atoms with Gasteiger partial charge in [-0.25, -0.2) is 14.6 Å². The maximum absolute atomic E-state index is 4.57. The van der Waals surface area contributed by atoms with Crippen molar-refractivity contribution in [2.75, 3.05) is 11.9 Å². The van der Waals surface area contributed by atoms with Crippen molar-refractivity contribution in [2.45, 2.75) is 45.8 Å². The van der Waals surface area contributed by atoms with Gasteiger partial charge in [0.2, 0.25) is 0 Å². The lowest BCUT2D eigenvalue weighted by atomic mass is 10.1. The van der Waals surface area contributed by atoms with Crippen molar-refractivity contribution >= 4 is 21.7 Å². The summed E-state index contributed by atoms with van der Waals surface area (Å²) in [5, 5.41) is 8.18. The van der Waals surface area contributed by atoms with E-state index in [1.807, 2.05) is 24.6 Å². The van der Waals surface area contributed by atoms with E-state index in [9.17, 15) is 0 Å². The van der Waals surface area contributed by atoms with Gasteiger partial charge in [0.1, 0.15) is 12.1 Å². The molecule has 3 heterocycles. The number of hydrogen-bond donors (Lipinski definition) is 1. The van der Waals surface area contributed by atoms with Crippen LogP contribution in [-0.4, -0.2) is 43.3 Å². The topological polar surface area (TPSA) is 58.9 Å².